The maximum Gasteiger partial charge on any atom is 0.253 e. The number of para-hydroxylation sites is 1. The molecule has 7 nitrogen and oxygen atoms in total. The molecule has 192 valence electrons. The third kappa shape index (κ3) is 5.71. The SMILES string of the molecule is CCC(C(=O)NC1CCN(c2ccccc2C(=O)NCc2ccc3c(c2)OCO3)CC1)c1ccccc1. The van der Waals surface area contributed by atoms with Gasteiger partial charge < -0.3 is 25.0 Å². The third-order valence-electron chi connectivity index (χ3n) is 7.15. The molecule has 7 heteroatoms. The lowest BCUT2D eigenvalue weighted by molar-refractivity contribution is -0.123. The number of hydrogen-bond donors (Lipinski definition) is 2. The first-order chi connectivity index (χ1) is 18.1. The van der Waals surface area contributed by atoms with Crippen molar-refractivity contribution in [2.75, 3.05) is 24.8 Å². The number of ether oxygens (including phenoxy) is 2. The van der Waals surface area contributed by atoms with Gasteiger partial charge in [0.25, 0.3) is 5.91 Å². The molecule has 3 aromatic rings. The third-order valence-corrected chi connectivity index (χ3v) is 7.15. The second kappa shape index (κ2) is 11.4. The van der Waals surface area contributed by atoms with E-state index in [0.717, 1.165) is 54.9 Å². The van der Waals surface area contributed by atoms with Crippen molar-refractivity contribution in [2.45, 2.75) is 44.7 Å². The van der Waals surface area contributed by atoms with E-state index in [2.05, 4.69) is 15.5 Å². The number of rotatable bonds is 8. The molecule has 0 aromatic heterocycles. The Labute approximate surface area is 217 Å². The predicted octanol–water partition coefficient (Wildman–Crippen LogP) is 4.62. The molecular formula is C30H33N3O4. The van der Waals surface area contributed by atoms with Crippen LogP contribution in [0.3, 0.4) is 0 Å². The van der Waals surface area contributed by atoms with Crippen LogP contribution in [0.4, 0.5) is 5.69 Å². The van der Waals surface area contributed by atoms with Crippen molar-refractivity contribution in [1.82, 2.24) is 10.6 Å². The molecule has 2 aliphatic rings. The zero-order valence-electron chi connectivity index (χ0n) is 21.1. The average Bonchev–Trinajstić information content (AvgIpc) is 3.41. The fraction of sp³-hybridized carbons (Fsp3) is 0.333. The first-order valence-electron chi connectivity index (χ1n) is 13.0. The number of carbonyl (C=O) groups is 2. The standard InChI is InChI=1S/C30H33N3O4/c1-2-24(22-8-4-3-5-9-22)30(35)32-23-14-16-33(17-15-23)26-11-7-6-10-25(26)29(34)31-19-21-12-13-27-28(18-21)37-20-36-27/h3-13,18,23-24H,2,14-17,19-20H2,1H3,(H,31,34)(H,32,35). The Morgan fingerprint density at radius 3 is 2.46 bits per heavy atom. The molecule has 1 fully saturated rings. The quantitative estimate of drug-likeness (QED) is 0.473. The topological polar surface area (TPSA) is 79.9 Å². The van der Waals surface area contributed by atoms with Crippen LogP contribution in [0.15, 0.2) is 72.8 Å². The van der Waals surface area contributed by atoms with Crippen LogP contribution in [0, 0.1) is 0 Å². The number of piperidine rings is 1. The molecule has 0 spiro atoms. The normalized spacial score (nSPS) is 15.8. The maximum absolute atomic E-state index is 13.1. The molecule has 2 aliphatic heterocycles. The number of anilines is 1. The largest absolute Gasteiger partial charge is 0.454 e. The summed E-state index contributed by atoms with van der Waals surface area (Å²) in [5, 5.41) is 6.31. The van der Waals surface area contributed by atoms with Gasteiger partial charge in [0.15, 0.2) is 11.5 Å². The number of fused-ring (bicyclic) bond motifs is 1. The Kier molecular flexibility index (Phi) is 7.59. The second-order valence-electron chi connectivity index (χ2n) is 9.53. The van der Waals surface area contributed by atoms with Gasteiger partial charge in [0.05, 0.1) is 11.5 Å². The maximum atomic E-state index is 13.1. The molecule has 1 unspecified atom stereocenters. The van der Waals surface area contributed by atoms with Crippen molar-refractivity contribution in [2.24, 2.45) is 0 Å². The Balaban J connectivity index is 1.17. The van der Waals surface area contributed by atoms with E-state index in [1.165, 1.54) is 0 Å². The van der Waals surface area contributed by atoms with E-state index in [0.29, 0.717) is 17.9 Å². The van der Waals surface area contributed by atoms with Crippen molar-refractivity contribution < 1.29 is 19.1 Å². The van der Waals surface area contributed by atoms with Gasteiger partial charge in [-0.25, -0.2) is 0 Å². The van der Waals surface area contributed by atoms with Gasteiger partial charge in [0, 0.05) is 31.4 Å². The molecule has 5 rings (SSSR count). The Morgan fingerprint density at radius 2 is 1.68 bits per heavy atom. The van der Waals surface area contributed by atoms with Gasteiger partial charge in [0.2, 0.25) is 12.7 Å². The fourth-order valence-electron chi connectivity index (χ4n) is 5.09. The van der Waals surface area contributed by atoms with Crippen molar-refractivity contribution in [3.05, 3.63) is 89.5 Å². The number of benzene rings is 3. The molecule has 0 radical (unpaired) electrons. The molecule has 0 bridgehead atoms. The van der Waals surface area contributed by atoms with E-state index >= 15 is 0 Å². The summed E-state index contributed by atoms with van der Waals surface area (Å²) in [6.45, 7) is 4.23. The Bertz CT molecular complexity index is 1240. The summed E-state index contributed by atoms with van der Waals surface area (Å²) in [5.74, 6) is 1.28. The minimum absolute atomic E-state index is 0.0930. The van der Waals surface area contributed by atoms with E-state index in [1.54, 1.807) is 0 Å². The van der Waals surface area contributed by atoms with Crippen LogP contribution in [0.5, 0.6) is 11.5 Å². The van der Waals surface area contributed by atoms with Crippen LogP contribution in [0.2, 0.25) is 0 Å². The zero-order chi connectivity index (χ0) is 25.6. The highest BCUT2D eigenvalue weighted by atomic mass is 16.7. The molecule has 3 aromatic carbocycles. The average molecular weight is 500 g/mol. The van der Waals surface area contributed by atoms with Crippen LogP contribution in [0.25, 0.3) is 0 Å². The molecular weight excluding hydrogens is 466 g/mol. The molecule has 2 heterocycles. The van der Waals surface area contributed by atoms with E-state index < -0.39 is 0 Å². The lowest BCUT2D eigenvalue weighted by Gasteiger charge is -2.35. The van der Waals surface area contributed by atoms with Crippen LogP contribution in [-0.2, 0) is 11.3 Å². The van der Waals surface area contributed by atoms with E-state index in [-0.39, 0.29) is 30.6 Å². The number of nitrogens with zero attached hydrogens (tertiary/aromatic N) is 1. The van der Waals surface area contributed by atoms with E-state index in [4.69, 9.17) is 9.47 Å². The number of nitrogens with one attached hydrogen (secondary N) is 2. The summed E-state index contributed by atoms with van der Waals surface area (Å²) >= 11 is 0. The molecule has 2 amide bonds. The van der Waals surface area contributed by atoms with Crippen LogP contribution in [0.1, 0.15) is 53.6 Å². The Hall–Kier alpha value is -4.00. The summed E-state index contributed by atoms with van der Waals surface area (Å²) in [6.07, 6.45) is 2.44. The lowest BCUT2D eigenvalue weighted by Crippen LogP contribution is -2.46. The van der Waals surface area contributed by atoms with E-state index in [1.807, 2.05) is 79.7 Å². The summed E-state index contributed by atoms with van der Waals surface area (Å²) in [7, 11) is 0. The lowest BCUT2D eigenvalue weighted by atomic mass is 9.94. The smallest absolute Gasteiger partial charge is 0.253 e. The van der Waals surface area contributed by atoms with Gasteiger partial charge in [-0.2, -0.15) is 0 Å². The van der Waals surface area contributed by atoms with Gasteiger partial charge in [-0.05, 0) is 54.7 Å². The van der Waals surface area contributed by atoms with E-state index in [9.17, 15) is 9.59 Å². The minimum atomic E-state index is -0.131. The molecule has 0 saturated carbocycles. The van der Waals surface area contributed by atoms with Gasteiger partial charge in [-0.3, -0.25) is 9.59 Å². The molecule has 2 N–H and O–H groups in total. The monoisotopic (exact) mass is 499 g/mol. The molecule has 0 aliphatic carbocycles. The number of amides is 2. The summed E-state index contributed by atoms with van der Waals surface area (Å²) < 4.78 is 10.8. The van der Waals surface area contributed by atoms with Crippen molar-refractivity contribution >= 4 is 17.5 Å². The molecule has 1 atom stereocenters. The summed E-state index contributed by atoms with van der Waals surface area (Å²) in [4.78, 5) is 28.4. The first kappa shape index (κ1) is 24.7. The second-order valence-corrected chi connectivity index (χ2v) is 9.53. The summed E-state index contributed by atoms with van der Waals surface area (Å²) in [5.41, 5.74) is 3.58. The highest BCUT2D eigenvalue weighted by Crippen LogP contribution is 2.32. The predicted molar refractivity (Wildman–Crippen MR) is 143 cm³/mol. The fourth-order valence-corrected chi connectivity index (χ4v) is 5.09. The molecule has 1 saturated heterocycles. The van der Waals surface area contributed by atoms with Gasteiger partial charge in [-0.1, -0.05) is 55.5 Å². The van der Waals surface area contributed by atoms with Gasteiger partial charge in [0.1, 0.15) is 0 Å². The highest BCUT2D eigenvalue weighted by Gasteiger charge is 2.26. The van der Waals surface area contributed by atoms with Crippen molar-refractivity contribution in [3.63, 3.8) is 0 Å². The van der Waals surface area contributed by atoms with Crippen LogP contribution in [-0.4, -0.2) is 37.7 Å². The first-order valence-corrected chi connectivity index (χ1v) is 13.0. The number of carbonyl (C=O) groups excluding carboxylic acids is 2. The zero-order valence-corrected chi connectivity index (χ0v) is 21.1. The minimum Gasteiger partial charge on any atom is -0.454 e. The number of hydrogen-bond acceptors (Lipinski definition) is 5. The van der Waals surface area contributed by atoms with Crippen LogP contribution >= 0.6 is 0 Å². The van der Waals surface area contributed by atoms with Gasteiger partial charge in [-0.15, -0.1) is 0 Å². The van der Waals surface area contributed by atoms with Crippen molar-refractivity contribution in [3.8, 4) is 11.5 Å². The molecule has 37 heavy (non-hydrogen) atoms. The highest BCUT2D eigenvalue weighted by molar-refractivity contribution is 5.99. The van der Waals surface area contributed by atoms with Gasteiger partial charge >= 0.3 is 0 Å². The van der Waals surface area contributed by atoms with Crippen LogP contribution < -0.4 is 25.0 Å². The Morgan fingerprint density at radius 1 is 0.946 bits per heavy atom. The van der Waals surface area contributed by atoms with Crippen molar-refractivity contribution in [1.29, 1.82) is 0 Å². The summed E-state index contributed by atoms with van der Waals surface area (Å²) in [6, 6.07) is 23.5.